The van der Waals surface area contributed by atoms with E-state index in [-0.39, 0.29) is 11.7 Å². The Bertz CT molecular complexity index is 1260. The number of benzene rings is 2. The van der Waals surface area contributed by atoms with E-state index in [9.17, 15) is 18.0 Å². The molecule has 2 atom stereocenters. The van der Waals surface area contributed by atoms with Crippen LogP contribution < -0.4 is 4.74 Å². The topological polar surface area (TPSA) is 74.3 Å². The number of hydrogen-bond donors (Lipinski definition) is 1. The number of nitrogens with one attached hydrogen (secondary N) is 1. The van der Waals surface area contributed by atoms with E-state index in [1.807, 2.05) is 23.1 Å². The molecule has 0 saturated carbocycles. The molecule has 0 unspecified atom stereocenters. The summed E-state index contributed by atoms with van der Waals surface area (Å²) >= 11 is 0. The number of alkyl halides is 3. The Balaban J connectivity index is 1.13. The van der Waals surface area contributed by atoms with Crippen LogP contribution in [0, 0.1) is 18.8 Å². The molecule has 7 nitrogen and oxygen atoms in total. The van der Waals surface area contributed by atoms with Crippen LogP contribution >= 0.6 is 0 Å². The Morgan fingerprint density at radius 1 is 1.08 bits per heavy atom. The van der Waals surface area contributed by atoms with Crippen LogP contribution in [0.25, 0.3) is 17.1 Å². The quantitative estimate of drug-likeness (QED) is 0.553. The Labute approximate surface area is 206 Å². The second-order valence-electron chi connectivity index (χ2n) is 9.60. The molecule has 36 heavy (non-hydrogen) atoms. The molecule has 1 aromatic heterocycles. The summed E-state index contributed by atoms with van der Waals surface area (Å²) in [6, 6.07) is 9.81. The molecule has 190 valence electrons. The number of ether oxygens (including phenoxy) is 1. The van der Waals surface area contributed by atoms with Crippen molar-refractivity contribution in [3.8, 4) is 5.75 Å². The number of aromatic amines is 1. The summed E-state index contributed by atoms with van der Waals surface area (Å²) in [5.74, 6) is 0.821. The van der Waals surface area contributed by atoms with Gasteiger partial charge in [-0.1, -0.05) is 18.2 Å². The lowest BCUT2D eigenvalue weighted by Crippen LogP contribution is -2.31. The van der Waals surface area contributed by atoms with Gasteiger partial charge >= 0.3 is 6.36 Å². The van der Waals surface area contributed by atoms with Gasteiger partial charge in [-0.2, -0.15) is 15.4 Å². The molecule has 2 fully saturated rings. The molecule has 5 rings (SSSR count). The first-order valence-electron chi connectivity index (χ1n) is 12.1. The third-order valence-corrected chi connectivity index (χ3v) is 7.20. The first kappa shape index (κ1) is 24.3. The van der Waals surface area contributed by atoms with Gasteiger partial charge in [-0.25, -0.2) is 0 Å². The zero-order valence-corrected chi connectivity index (χ0v) is 20.0. The van der Waals surface area contributed by atoms with Crippen molar-refractivity contribution in [3.05, 3.63) is 59.2 Å². The number of rotatable bonds is 5. The largest absolute Gasteiger partial charge is 0.573 e. The van der Waals surface area contributed by atoms with Crippen LogP contribution in [0.4, 0.5) is 13.2 Å². The summed E-state index contributed by atoms with van der Waals surface area (Å²) in [6.45, 7) is 6.00. The molecular weight excluding hydrogens is 471 g/mol. The van der Waals surface area contributed by atoms with E-state index in [4.69, 9.17) is 0 Å². The van der Waals surface area contributed by atoms with E-state index in [0.29, 0.717) is 22.9 Å². The summed E-state index contributed by atoms with van der Waals surface area (Å²) in [6.07, 6.45) is 1.39. The molecular formula is C26H28F3N5O2. The lowest BCUT2D eigenvalue weighted by Gasteiger charge is -2.21. The third kappa shape index (κ3) is 5.53. The van der Waals surface area contributed by atoms with E-state index in [0.717, 1.165) is 62.2 Å². The minimum absolute atomic E-state index is 0.0507. The average molecular weight is 500 g/mol. The van der Waals surface area contributed by atoms with E-state index >= 15 is 0 Å². The number of aryl methyl sites for hydroxylation is 1. The van der Waals surface area contributed by atoms with Crippen molar-refractivity contribution in [2.45, 2.75) is 26.1 Å². The van der Waals surface area contributed by atoms with Crippen molar-refractivity contribution >= 4 is 23.0 Å². The fraction of sp³-hybridized carbons (Fsp3) is 0.423. The monoisotopic (exact) mass is 499 g/mol. The molecule has 2 aliphatic rings. The lowest BCUT2D eigenvalue weighted by atomic mass is 9.92. The van der Waals surface area contributed by atoms with Gasteiger partial charge in [0.1, 0.15) is 16.8 Å². The molecule has 2 aromatic carbocycles. The lowest BCUT2D eigenvalue weighted by molar-refractivity contribution is -0.274. The van der Waals surface area contributed by atoms with Crippen LogP contribution in [-0.2, 0) is 0 Å². The first-order valence-corrected chi connectivity index (χ1v) is 12.1. The van der Waals surface area contributed by atoms with Gasteiger partial charge in [-0.3, -0.25) is 9.69 Å². The standard InChI is InChI=1S/C26H28F3N5O2/c1-17-13-22(36-26(27,28)29)6-4-18(17)3-2-10-33-11-8-20-15-34(16-21(20)9-12-33)25(35)19-5-7-23-24(14-19)31-32-30-23/h2-7,13-14,20-21H,8-12,15-16H2,1H3,(H,30,31,32)/b3-2+/t20-,21+. The van der Waals surface area contributed by atoms with Crippen molar-refractivity contribution in [1.82, 2.24) is 25.2 Å². The van der Waals surface area contributed by atoms with E-state index < -0.39 is 6.36 Å². The first-order chi connectivity index (χ1) is 17.2. The maximum Gasteiger partial charge on any atom is 0.573 e. The molecule has 0 aliphatic carbocycles. The van der Waals surface area contributed by atoms with Crippen LogP contribution in [0.1, 0.15) is 34.3 Å². The number of carbonyl (C=O) groups is 1. The third-order valence-electron chi connectivity index (χ3n) is 7.20. The second kappa shape index (κ2) is 9.93. The summed E-state index contributed by atoms with van der Waals surface area (Å²) < 4.78 is 41.2. The smallest absolute Gasteiger partial charge is 0.406 e. The van der Waals surface area contributed by atoms with E-state index in [2.05, 4.69) is 31.1 Å². The summed E-state index contributed by atoms with van der Waals surface area (Å²) in [4.78, 5) is 17.5. The normalized spacial score (nSPS) is 21.2. The van der Waals surface area contributed by atoms with Gasteiger partial charge in [0.15, 0.2) is 0 Å². The van der Waals surface area contributed by atoms with Crippen molar-refractivity contribution in [2.75, 3.05) is 32.7 Å². The summed E-state index contributed by atoms with van der Waals surface area (Å²) in [5.41, 5.74) is 3.68. The molecule has 0 bridgehead atoms. The Morgan fingerprint density at radius 2 is 1.81 bits per heavy atom. The number of amides is 1. The highest BCUT2D eigenvalue weighted by molar-refractivity contribution is 5.97. The number of likely N-dealkylation sites (tertiary alicyclic amines) is 2. The SMILES string of the molecule is Cc1cc(OC(F)(F)F)ccc1/C=C/CN1CC[C@@H]2CN(C(=O)c3ccc4n[nH]nc4c3)C[C@@H]2CC1. The molecule has 3 aromatic rings. The maximum absolute atomic E-state index is 13.1. The predicted molar refractivity (Wildman–Crippen MR) is 129 cm³/mol. The van der Waals surface area contributed by atoms with Crippen molar-refractivity contribution in [3.63, 3.8) is 0 Å². The van der Waals surface area contributed by atoms with Crippen LogP contribution in [0.5, 0.6) is 5.75 Å². The highest BCUT2D eigenvalue weighted by Gasteiger charge is 2.37. The summed E-state index contributed by atoms with van der Waals surface area (Å²) in [5, 5.41) is 10.7. The average Bonchev–Trinajstić information content (AvgIpc) is 3.42. The van der Waals surface area contributed by atoms with Crippen LogP contribution in [-0.4, -0.2) is 70.2 Å². The highest BCUT2D eigenvalue weighted by atomic mass is 19.4. The molecule has 0 radical (unpaired) electrons. The van der Waals surface area contributed by atoms with Gasteiger partial charge in [-0.15, -0.1) is 13.2 Å². The van der Waals surface area contributed by atoms with Gasteiger partial charge < -0.3 is 9.64 Å². The zero-order chi connectivity index (χ0) is 25.3. The van der Waals surface area contributed by atoms with Crippen LogP contribution in [0.2, 0.25) is 0 Å². The molecule has 2 saturated heterocycles. The van der Waals surface area contributed by atoms with Gasteiger partial charge in [0.25, 0.3) is 5.91 Å². The predicted octanol–water partition coefficient (Wildman–Crippen LogP) is 4.66. The molecule has 1 amide bonds. The summed E-state index contributed by atoms with van der Waals surface area (Å²) in [7, 11) is 0. The van der Waals surface area contributed by atoms with Crippen LogP contribution in [0.3, 0.4) is 0 Å². The Kier molecular flexibility index (Phi) is 6.70. The van der Waals surface area contributed by atoms with E-state index in [1.54, 1.807) is 19.1 Å². The van der Waals surface area contributed by atoms with Gasteiger partial charge in [0.05, 0.1) is 0 Å². The minimum Gasteiger partial charge on any atom is -0.406 e. The number of fused-ring (bicyclic) bond motifs is 2. The van der Waals surface area contributed by atoms with Crippen molar-refractivity contribution < 1.29 is 22.7 Å². The number of H-pyrrole nitrogens is 1. The fourth-order valence-corrected chi connectivity index (χ4v) is 5.27. The molecule has 0 spiro atoms. The Hall–Kier alpha value is -3.40. The van der Waals surface area contributed by atoms with Gasteiger partial charge in [-0.05, 0) is 86.1 Å². The molecule has 3 heterocycles. The molecule has 2 aliphatic heterocycles. The molecule has 10 heteroatoms. The molecule has 1 N–H and O–H groups in total. The second-order valence-corrected chi connectivity index (χ2v) is 9.60. The van der Waals surface area contributed by atoms with Crippen molar-refractivity contribution in [1.29, 1.82) is 0 Å². The van der Waals surface area contributed by atoms with Gasteiger partial charge in [0, 0.05) is 25.2 Å². The number of halogens is 3. The maximum atomic E-state index is 13.1. The Morgan fingerprint density at radius 3 is 2.50 bits per heavy atom. The number of aromatic nitrogens is 3. The highest BCUT2D eigenvalue weighted by Crippen LogP contribution is 2.33. The van der Waals surface area contributed by atoms with Crippen molar-refractivity contribution in [2.24, 2.45) is 11.8 Å². The van der Waals surface area contributed by atoms with Crippen LogP contribution in [0.15, 0.2) is 42.5 Å². The zero-order valence-electron chi connectivity index (χ0n) is 20.0. The fourth-order valence-electron chi connectivity index (χ4n) is 5.27. The number of hydrogen-bond acceptors (Lipinski definition) is 5. The number of carbonyl (C=O) groups excluding carboxylic acids is 1. The minimum atomic E-state index is -4.69. The van der Waals surface area contributed by atoms with E-state index in [1.165, 1.54) is 12.1 Å². The number of nitrogens with zero attached hydrogens (tertiary/aromatic N) is 4. The van der Waals surface area contributed by atoms with Gasteiger partial charge in [0.2, 0.25) is 0 Å².